The van der Waals surface area contributed by atoms with E-state index in [9.17, 15) is 13.2 Å². The van der Waals surface area contributed by atoms with E-state index in [-0.39, 0.29) is 10.8 Å². The van der Waals surface area contributed by atoms with Crippen LogP contribution in [0.15, 0.2) is 53.4 Å². The highest BCUT2D eigenvalue weighted by atomic mass is 32.2. The lowest BCUT2D eigenvalue weighted by Gasteiger charge is -2.18. The molecule has 7 nitrogen and oxygen atoms in total. The lowest BCUT2D eigenvalue weighted by atomic mass is 10.2. The Labute approximate surface area is 171 Å². The summed E-state index contributed by atoms with van der Waals surface area (Å²) in [7, 11) is -1.88. The number of anilines is 1. The van der Waals surface area contributed by atoms with Crippen LogP contribution in [-0.4, -0.2) is 44.9 Å². The van der Waals surface area contributed by atoms with Gasteiger partial charge in [0.1, 0.15) is 11.5 Å². The molecular formula is C21H26N2O5S. The lowest BCUT2D eigenvalue weighted by molar-refractivity contribution is -0.122. The molecule has 0 aromatic heterocycles. The van der Waals surface area contributed by atoms with Crippen molar-refractivity contribution >= 4 is 21.6 Å². The number of hydrogen-bond acceptors (Lipinski definition) is 5. The van der Waals surface area contributed by atoms with E-state index >= 15 is 0 Å². The SMILES string of the molecule is CC[C@H](Oc1ccc(OC)cc1)C(=O)Nc1ccc(S(=O)(=O)N2CCCC2)cc1. The second-order valence-electron chi connectivity index (χ2n) is 6.82. The number of benzene rings is 2. The Hall–Kier alpha value is -2.58. The topological polar surface area (TPSA) is 84.9 Å². The fourth-order valence-corrected chi connectivity index (χ4v) is 4.67. The van der Waals surface area contributed by atoms with Gasteiger partial charge in [-0.05, 0) is 67.8 Å². The average Bonchev–Trinajstić information content (AvgIpc) is 3.28. The second kappa shape index (κ2) is 9.28. The number of hydrogen-bond donors (Lipinski definition) is 1. The fraction of sp³-hybridized carbons (Fsp3) is 0.381. The zero-order chi connectivity index (χ0) is 20.9. The Balaban J connectivity index is 1.64. The number of carbonyl (C=O) groups is 1. The van der Waals surface area contributed by atoms with Gasteiger partial charge in [-0.2, -0.15) is 4.31 Å². The van der Waals surface area contributed by atoms with Crippen LogP contribution in [0.5, 0.6) is 11.5 Å². The first kappa shape index (κ1) is 21.1. The Morgan fingerprint density at radius 1 is 1.03 bits per heavy atom. The van der Waals surface area contributed by atoms with Gasteiger partial charge in [-0.3, -0.25) is 4.79 Å². The monoisotopic (exact) mass is 418 g/mol. The predicted octanol–water partition coefficient (Wildman–Crippen LogP) is 3.28. The Kier molecular flexibility index (Phi) is 6.76. The molecule has 0 saturated carbocycles. The van der Waals surface area contributed by atoms with Crippen molar-refractivity contribution in [1.29, 1.82) is 0 Å². The quantitative estimate of drug-likeness (QED) is 0.711. The van der Waals surface area contributed by atoms with Crippen molar-refractivity contribution in [2.75, 3.05) is 25.5 Å². The van der Waals surface area contributed by atoms with Crippen molar-refractivity contribution in [3.05, 3.63) is 48.5 Å². The number of nitrogens with one attached hydrogen (secondary N) is 1. The van der Waals surface area contributed by atoms with Crippen LogP contribution in [0.2, 0.25) is 0 Å². The molecule has 0 spiro atoms. The highest BCUT2D eigenvalue weighted by molar-refractivity contribution is 7.89. The minimum atomic E-state index is -3.47. The molecule has 8 heteroatoms. The van der Waals surface area contributed by atoms with Gasteiger partial charge in [0.05, 0.1) is 12.0 Å². The van der Waals surface area contributed by atoms with Gasteiger partial charge in [-0.15, -0.1) is 0 Å². The highest BCUT2D eigenvalue weighted by Gasteiger charge is 2.27. The van der Waals surface area contributed by atoms with Crippen LogP contribution in [0.1, 0.15) is 26.2 Å². The standard InChI is InChI=1S/C21H26N2O5S/c1-3-20(28-18-10-8-17(27-2)9-11-18)21(24)22-16-6-12-19(13-7-16)29(25,26)23-14-4-5-15-23/h6-13,20H,3-5,14-15H2,1-2H3,(H,22,24)/t20-/m0/s1. The lowest BCUT2D eigenvalue weighted by Crippen LogP contribution is -2.32. The first-order valence-electron chi connectivity index (χ1n) is 9.66. The average molecular weight is 419 g/mol. The van der Waals surface area contributed by atoms with Gasteiger partial charge in [0.25, 0.3) is 5.91 Å². The third-order valence-electron chi connectivity index (χ3n) is 4.83. The van der Waals surface area contributed by atoms with Crippen LogP contribution >= 0.6 is 0 Å². The first-order chi connectivity index (χ1) is 13.9. The van der Waals surface area contributed by atoms with E-state index in [1.165, 1.54) is 16.4 Å². The number of ether oxygens (including phenoxy) is 2. The summed E-state index contributed by atoms with van der Waals surface area (Å²) in [6.45, 7) is 2.98. The maximum absolute atomic E-state index is 12.6. The van der Waals surface area contributed by atoms with Crippen molar-refractivity contribution in [3.8, 4) is 11.5 Å². The molecule has 1 aliphatic rings. The third-order valence-corrected chi connectivity index (χ3v) is 6.74. The largest absolute Gasteiger partial charge is 0.497 e. The molecule has 1 saturated heterocycles. The van der Waals surface area contributed by atoms with Crippen molar-refractivity contribution in [2.24, 2.45) is 0 Å². The first-order valence-corrected chi connectivity index (χ1v) is 11.1. The van der Waals surface area contributed by atoms with Crippen molar-refractivity contribution in [3.63, 3.8) is 0 Å². The Bertz CT molecular complexity index is 921. The molecule has 1 aliphatic heterocycles. The van der Waals surface area contributed by atoms with Crippen LogP contribution in [0.4, 0.5) is 5.69 Å². The van der Waals surface area contributed by atoms with E-state index in [2.05, 4.69) is 5.32 Å². The Morgan fingerprint density at radius 2 is 1.62 bits per heavy atom. The summed E-state index contributed by atoms with van der Waals surface area (Å²) in [5.74, 6) is 0.983. The Morgan fingerprint density at radius 3 is 2.17 bits per heavy atom. The van der Waals surface area contributed by atoms with Crippen LogP contribution in [0, 0.1) is 0 Å². The predicted molar refractivity (Wildman–Crippen MR) is 111 cm³/mol. The number of carbonyl (C=O) groups excluding carboxylic acids is 1. The van der Waals surface area contributed by atoms with E-state index < -0.39 is 16.1 Å². The zero-order valence-electron chi connectivity index (χ0n) is 16.6. The summed E-state index contributed by atoms with van der Waals surface area (Å²) in [4.78, 5) is 12.8. The summed E-state index contributed by atoms with van der Waals surface area (Å²) >= 11 is 0. The zero-order valence-corrected chi connectivity index (χ0v) is 17.4. The summed E-state index contributed by atoms with van der Waals surface area (Å²) < 4.78 is 37.5. The molecule has 1 atom stereocenters. The van der Waals surface area contributed by atoms with Crippen molar-refractivity contribution in [2.45, 2.75) is 37.2 Å². The van der Waals surface area contributed by atoms with Crippen molar-refractivity contribution in [1.82, 2.24) is 4.31 Å². The molecule has 3 rings (SSSR count). The summed E-state index contributed by atoms with van der Waals surface area (Å²) in [6, 6.07) is 13.3. The smallest absolute Gasteiger partial charge is 0.265 e. The van der Waals surface area contributed by atoms with Crippen LogP contribution in [-0.2, 0) is 14.8 Å². The molecule has 2 aromatic rings. The number of amides is 1. The molecule has 1 fully saturated rings. The molecule has 0 aliphatic carbocycles. The van der Waals surface area contributed by atoms with Crippen LogP contribution in [0.3, 0.4) is 0 Å². The fourth-order valence-electron chi connectivity index (χ4n) is 3.15. The van der Waals surface area contributed by atoms with Gasteiger partial charge in [0.2, 0.25) is 10.0 Å². The maximum atomic E-state index is 12.6. The van der Waals surface area contributed by atoms with Gasteiger partial charge >= 0.3 is 0 Å². The van der Waals surface area contributed by atoms with Gasteiger partial charge in [0.15, 0.2) is 6.10 Å². The maximum Gasteiger partial charge on any atom is 0.265 e. The van der Waals surface area contributed by atoms with E-state index in [1.807, 2.05) is 6.92 Å². The summed E-state index contributed by atoms with van der Waals surface area (Å²) in [5, 5.41) is 2.79. The molecular weight excluding hydrogens is 392 g/mol. The molecule has 0 radical (unpaired) electrons. The third kappa shape index (κ3) is 5.07. The van der Waals surface area contributed by atoms with E-state index in [0.29, 0.717) is 36.7 Å². The molecule has 0 unspecified atom stereocenters. The van der Waals surface area contributed by atoms with Gasteiger partial charge in [0, 0.05) is 18.8 Å². The minimum Gasteiger partial charge on any atom is -0.497 e. The summed E-state index contributed by atoms with van der Waals surface area (Å²) in [6.07, 6.45) is 1.59. The van der Waals surface area contributed by atoms with Gasteiger partial charge in [-0.25, -0.2) is 8.42 Å². The normalized spacial score (nSPS) is 15.7. The second-order valence-corrected chi connectivity index (χ2v) is 8.75. The van der Waals surface area contributed by atoms with E-state index in [0.717, 1.165) is 12.8 Å². The molecule has 2 aromatic carbocycles. The molecule has 156 valence electrons. The molecule has 1 heterocycles. The molecule has 0 bridgehead atoms. The molecule has 1 N–H and O–H groups in total. The van der Waals surface area contributed by atoms with E-state index in [4.69, 9.17) is 9.47 Å². The summed E-state index contributed by atoms with van der Waals surface area (Å²) in [5.41, 5.74) is 0.521. The van der Waals surface area contributed by atoms with Crippen LogP contribution < -0.4 is 14.8 Å². The molecule has 29 heavy (non-hydrogen) atoms. The van der Waals surface area contributed by atoms with Crippen molar-refractivity contribution < 1.29 is 22.7 Å². The number of sulfonamides is 1. The number of methoxy groups -OCH3 is 1. The van der Waals surface area contributed by atoms with Crippen LogP contribution in [0.25, 0.3) is 0 Å². The van der Waals surface area contributed by atoms with Gasteiger partial charge in [-0.1, -0.05) is 6.92 Å². The molecule has 1 amide bonds. The van der Waals surface area contributed by atoms with E-state index in [1.54, 1.807) is 43.5 Å². The van der Waals surface area contributed by atoms with Gasteiger partial charge < -0.3 is 14.8 Å². The number of nitrogens with zero attached hydrogens (tertiary/aromatic N) is 1. The minimum absolute atomic E-state index is 0.235. The number of rotatable bonds is 8. The highest BCUT2D eigenvalue weighted by Crippen LogP contribution is 2.23.